The maximum atomic E-state index is 11.9. The first-order valence-corrected chi connectivity index (χ1v) is 10.1. The Balaban J connectivity index is 1.76. The Bertz CT molecular complexity index is 954. The maximum Gasteiger partial charge on any atom is 0.270 e. The minimum Gasteiger partial charge on any atom is -0.368 e. The third-order valence-electron chi connectivity index (χ3n) is 4.83. The fraction of sp³-hybridized carbons (Fsp3) is 0.333. The van der Waals surface area contributed by atoms with Crippen LogP contribution in [0, 0.1) is 17.0 Å². The molecule has 27 heavy (non-hydrogen) atoms. The predicted molar refractivity (Wildman–Crippen MR) is 103 cm³/mol. The van der Waals surface area contributed by atoms with Gasteiger partial charge in [0.1, 0.15) is 4.90 Å². The Kier molecular flexibility index (Phi) is 5.45. The van der Waals surface area contributed by atoms with Crippen LogP contribution in [0.1, 0.15) is 11.1 Å². The molecule has 3 rings (SSSR count). The molecule has 144 valence electrons. The molecule has 2 aromatic carbocycles. The summed E-state index contributed by atoms with van der Waals surface area (Å²) in [6, 6.07) is 12.0. The van der Waals surface area contributed by atoms with E-state index in [1.165, 1.54) is 23.3 Å². The first-order chi connectivity index (χ1) is 12.8. The van der Waals surface area contributed by atoms with Crippen LogP contribution in [0.5, 0.6) is 0 Å². The molecule has 1 saturated heterocycles. The third-order valence-corrected chi connectivity index (χ3v) is 5.77. The molecular weight excluding hydrogens is 368 g/mol. The van der Waals surface area contributed by atoms with Crippen molar-refractivity contribution in [1.82, 2.24) is 4.90 Å². The normalized spacial score (nSPS) is 15.7. The zero-order valence-corrected chi connectivity index (χ0v) is 15.9. The van der Waals surface area contributed by atoms with Crippen molar-refractivity contribution in [2.75, 3.05) is 31.1 Å². The molecule has 0 aliphatic carbocycles. The van der Waals surface area contributed by atoms with E-state index in [9.17, 15) is 18.5 Å². The van der Waals surface area contributed by atoms with Gasteiger partial charge in [0.15, 0.2) is 0 Å². The van der Waals surface area contributed by atoms with Crippen LogP contribution in [0.3, 0.4) is 0 Å². The van der Waals surface area contributed by atoms with E-state index < -0.39 is 14.9 Å². The highest BCUT2D eigenvalue weighted by atomic mass is 32.2. The van der Waals surface area contributed by atoms with Crippen LogP contribution >= 0.6 is 0 Å². The van der Waals surface area contributed by atoms with Crippen LogP contribution in [-0.4, -0.2) is 44.4 Å². The molecule has 0 radical (unpaired) electrons. The van der Waals surface area contributed by atoms with Gasteiger partial charge in [-0.3, -0.25) is 15.0 Å². The number of hydrogen-bond acceptors (Lipinski definition) is 6. The number of rotatable bonds is 5. The number of primary sulfonamides is 1. The number of non-ortho nitro benzene ring substituents is 1. The van der Waals surface area contributed by atoms with Crippen molar-refractivity contribution < 1.29 is 13.3 Å². The smallest absolute Gasteiger partial charge is 0.270 e. The Labute approximate surface area is 158 Å². The molecule has 9 heteroatoms. The molecule has 0 spiro atoms. The van der Waals surface area contributed by atoms with E-state index in [0.29, 0.717) is 18.8 Å². The lowest BCUT2D eigenvalue weighted by atomic mass is 10.1. The number of aryl methyl sites for hydroxylation is 1. The van der Waals surface area contributed by atoms with Crippen molar-refractivity contribution in [1.29, 1.82) is 0 Å². The Morgan fingerprint density at radius 3 is 2.37 bits per heavy atom. The van der Waals surface area contributed by atoms with E-state index in [1.807, 2.05) is 17.0 Å². The standard InChI is InChI=1S/C18H22N4O4S/c1-14-4-2-3-5-15(14)13-20-8-10-21(11-9-20)17-7-6-16(22(23)24)12-18(17)27(19,25)26/h2-7,12H,8-11,13H2,1H3,(H2,19,25,26). The highest BCUT2D eigenvalue weighted by Crippen LogP contribution is 2.29. The van der Waals surface area contributed by atoms with Crippen LogP contribution in [0.2, 0.25) is 0 Å². The lowest BCUT2D eigenvalue weighted by Gasteiger charge is -2.36. The van der Waals surface area contributed by atoms with Crippen LogP contribution in [0.4, 0.5) is 11.4 Å². The van der Waals surface area contributed by atoms with E-state index >= 15 is 0 Å². The van der Waals surface area contributed by atoms with Crippen molar-refractivity contribution in [3.8, 4) is 0 Å². The highest BCUT2D eigenvalue weighted by molar-refractivity contribution is 7.89. The number of sulfonamides is 1. The number of anilines is 1. The minimum atomic E-state index is -4.07. The zero-order chi connectivity index (χ0) is 19.6. The van der Waals surface area contributed by atoms with Crippen LogP contribution in [0.15, 0.2) is 47.4 Å². The quantitative estimate of drug-likeness (QED) is 0.616. The van der Waals surface area contributed by atoms with Gasteiger partial charge >= 0.3 is 0 Å². The second kappa shape index (κ2) is 7.63. The first kappa shape index (κ1) is 19.3. The van der Waals surface area contributed by atoms with Gasteiger partial charge in [0.25, 0.3) is 5.69 Å². The molecule has 1 aliphatic heterocycles. The molecule has 0 atom stereocenters. The Morgan fingerprint density at radius 1 is 1.11 bits per heavy atom. The SMILES string of the molecule is Cc1ccccc1CN1CCN(c2ccc([N+](=O)[O-])cc2S(N)(=O)=O)CC1. The number of nitro groups is 1. The van der Waals surface area contributed by atoms with Crippen molar-refractivity contribution in [3.05, 3.63) is 63.7 Å². The van der Waals surface area contributed by atoms with Gasteiger partial charge in [-0.25, -0.2) is 13.6 Å². The lowest BCUT2D eigenvalue weighted by molar-refractivity contribution is -0.385. The zero-order valence-electron chi connectivity index (χ0n) is 15.0. The number of piperazine rings is 1. The molecule has 0 amide bonds. The Morgan fingerprint density at radius 2 is 1.78 bits per heavy atom. The van der Waals surface area contributed by atoms with Gasteiger partial charge in [0.2, 0.25) is 10.0 Å². The summed E-state index contributed by atoms with van der Waals surface area (Å²) in [6.45, 7) is 5.67. The van der Waals surface area contributed by atoms with Gasteiger partial charge in [-0.05, 0) is 24.1 Å². The molecule has 0 aromatic heterocycles. The molecule has 0 bridgehead atoms. The molecule has 0 saturated carbocycles. The van der Waals surface area contributed by atoms with Crippen molar-refractivity contribution in [2.45, 2.75) is 18.4 Å². The lowest BCUT2D eigenvalue weighted by Crippen LogP contribution is -2.46. The molecule has 2 aromatic rings. The number of benzene rings is 2. The molecule has 1 aliphatic rings. The summed E-state index contributed by atoms with van der Waals surface area (Å²) in [5, 5.41) is 16.3. The topological polar surface area (TPSA) is 110 Å². The summed E-state index contributed by atoms with van der Waals surface area (Å²) < 4.78 is 23.9. The van der Waals surface area contributed by atoms with Gasteiger partial charge in [-0.15, -0.1) is 0 Å². The van der Waals surface area contributed by atoms with Gasteiger partial charge in [0, 0.05) is 44.9 Å². The molecule has 1 fully saturated rings. The van der Waals surface area contributed by atoms with Crippen LogP contribution in [-0.2, 0) is 16.6 Å². The van der Waals surface area contributed by atoms with Crippen molar-refractivity contribution in [2.24, 2.45) is 5.14 Å². The fourth-order valence-electron chi connectivity index (χ4n) is 3.28. The summed E-state index contributed by atoms with van der Waals surface area (Å²) in [5.41, 5.74) is 2.64. The van der Waals surface area contributed by atoms with Gasteiger partial charge < -0.3 is 4.90 Å². The Hall–Kier alpha value is -2.49. The molecular formula is C18H22N4O4S. The second-order valence-electron chi connectivity index (χ2n) is 6.64. The summed E-state index contributed by atoms with van der Waals surface area (Å²) in [6.07, 6.45) is 0. The van der Waals surface area contributed by atoms with E-state index in [2.05, 4.69) is 24.0 Å². The van der Waals surface area contributed by atoms with Crippen LogP contribution < -0.4 is 10.0 Å². The molecule has 0 unspecified atom stereocenters. The summed E-state index contributed by atoms with van der Waals surface area (Å²) in [4.78, 5) is 14.4. The van der Waals surface area contributed by atoms with E-state index in [4.69, 9.17) is 5.14 Å². The number of nitrogens with zero attached hydrogens (tertiary/aromatic N) is 3. The number of nitrogens with two attached hydrogens (primary N) is 1. The van der Waals surface area contributed by atoms with Crippen molar-refractivity contribution in [3.63, 3.8) is 0 Å². The van der Waals surface area contributed by atoms with Crippen molar-refractivity contribution >= 4 is 21.4 Å². The predicted octanol–water partition coefficient (Wildman–Crippen LogP) is 1.87. The van der Waals surface area contributed by atoms with E-state index in [-0.39, 0.29) is 10.6 Å². The average Bonchev–Trinajstić information content (AvgIpc) is 2.63. The first-order valence-electron chi connectivity index (χ1n) is 8.59. The third kappa shape index (κ3) is 4.44. The number of nitro benzene ring substituents is 1. The summed E-state index contributed by atoms with van der Waals surface area (Å²) in [7, 11) is -4.07. The molecule has 8 nitrogen and oxygen atoms in total. The van der Waals surface area contributed by atoms with Crippen LogP contribution in [0.25, 0.3) is 0 Å². The van der Waals surface area contributed by atoms with Gasteiger partial charge in [-0.1, -0.05) is 24.3 Å². The van der Waals surface area contributed by atoms with Gasteiger partial charge in [-0.2, -0.15) is 0 Å². The van der Waals surface area contributed by atoms with Gasteiger partial charge in [0.05, 0.1) is 10.6 Å². The monoisotopic (exact) mass is 390 g/mol. The fourth-order valence-corrected chi connectivity index (χ4v) is 4.05. The van der Waals surface area contributed by atoms with E-state index in [1.54, 1.807) is 0 Å². The van der Waals surface area contributed by atoms with E-state index in [0.717, 1.165) is 25.7 Å². The summed E-state index contributed by atoms with van der Waals surface area (Å²) in [5.74, 6) is 0. The average molecular weight is 390 g/mol. The maximum absolute atomic E-state index is 11.9. The number of hydrogen-bond donors (Lipinski definition) is 1. The second-order valence-corrected chi connectivity index (χ2v) is 8.17. The molecule has 2 N–H and O–H groups in total. The summed E-state index contributed by atoms with van der Waals surface area (Å²) >= 11 is 0. The highest BCUT2D eigenvalue weighted by Gasteiger charge is 2.25. The molecule has 1 heterocycles. The minimum absolute atomic E-state index is 0.205. The largest absolute Gasteiger partial charge is 0.368 e.